The number of hydrogen-bond donors (Lipinski definition) is 1. The highest BCUT2D eigenvalue weighted by molar-refractivity contribution is 5.85. The van der Waals surface area contributed by atoms with E-state index in [2.05, 4.69) is 27.2 Å². The molecule has 1 aliphatic carbocycles. The number of rotatable bonds is 8. The number of ether oxygens (including phenoxy) is 1. The SMILES string of the molecule is Cl.N#Cc1cc(-c2nc(-c3ccc4c(c3)CN(C3CCC(C(=O)O)CC3)C4)no2)ccc1OC(CF)CF. The van der Waals surface area contributed by atoms with Crippen LogP contribution < -0.4 is 4.74 Å². The number of nitrogens with zero attached hydrogens (tertiary/aromatic N) is 4. The number of carboxylic acids is 1. The van der Waals surface area contributed by atoms with Crippen LogP contribution in [0.2, 0.25) is 0 Å². The normalized spacial score (nSPS) is 19.0. The molecular formula is C27H27ClF2N4O4. The average Bonchev–Trinajstić information content (AvgIpc) is 3.59. The van der Waals surface area contributed by atoms with Crippen LogP contribution >= 0.6 is 12.4 Å². The topological polar surface area (TPSA) is 112 Å². The van der Waals surface area contributed by atoms with Crippen LogP contribution in [0.25, 0.3) is 22.8 Å². The fourth-order valence-electron chi connectivity index (χ4n) is 5.10. The van der Waals surface area contributed by atoms with Crippen LogP contribution in [-0.4, -0.2) is 51.6 Å². The Morgan fingerprint density at radius 2 is 1.82 bits per heavy atom. The maximum Gasteiger partial charge on any atom is 0.306 e. The minimum atomic E-state index is -1.26. The van der Waals surface area contributed by atoms with Crippen LogP contribution in [-0.2, 0) is 17.9 Å². The Labute approximate surface area is 224 Å². The van der Waals surface area contributed by atoms with E-state index in [1.54, 1.807) is 6.07 Å². The predicted molar refractivity (Wildman–Crippen MR) is 136 cm³/mol. The lowest BCUT2D eigenvalue weighted by Crippen LogP contribution is -2.35. The van der Waals surface area contributed by atoms with Crippen molar-refractivity contribution in [2.45, 2.75) is 50.9 Å². The second-order valence-corrected chi connectivity index (χ2v) is 9.53. The number of hydrogen-bond acceptors (Lipinski definition) is 7. The Balaban J connectivity index is 0.00000336. The number of alkyl halides is 2. The Kier molecular flexibility index (Phi) is 8.59. The number of aliphatic carboxylic acids is 1. The molecule has 0 atom stereocenters. The fourth-order valence-corrected chi connectivity index (χ4v) is 5.10. The minimum Gasteiger partial charge on any atom is -0.484 e. The predicted octanol–water partition coefficient (Wildman–Crippen LogP) is 5.34. The molecule has 1 aromatic heterocycles. The molecule has 2 aromatic carbocycles. The number of aromatic nitrogens is 2. The van der Waals surface area contributed by atoms with Gasteiger partial charge in [0.25, 0.3) is 5.89 Å². The summed E-state index contributed by atoms with van der Waals surface area (Å²) >= 11 is 0. The van der Waals surface area contributed by atoms with Gasteiger partial charge >= 0.3 is 5.97 Å². The molecule has 2 aliphatic rings. The lowest BCUT2D eigenvalue weighted by molar-refractivity contribution is -0.143. The van der Waals surface area contributed by atoms with E-state index in [0.29, 0.717) is 17.4 Å². The van der Waals surface area contributed by atoms with Crippen molar-refractivity contribution in [3.05, 3.63) is 53.1 Å². The zero-order valence-corrected chi connectivity index (χ0v) is 21.3. The van der Waals surface area contributed by atoms with Crippen molar-refractivity contribution in [1.82, 2.24) is 15.0 Å². The van der Waals surface area contributed by atoms with Gasteiger partial charge < -0.3 is 14.4 Å². The zero-order chi connectivity index (χ0) is 25.9. The molecule has 1 N–H and O–H groups in total. The van der Waals surface area contributed by atoms with E-state index in [9.17, 15) is 23.9 Å². The van der Waals surface area contributed by atoms with Crippen molar-refractivity contribution < 1.29 is 27.9 Å². The summed E-state index contributed by atoms with van der Waals surface area (Å²) in [6, 6.07) is 13.0. The highest BCUT2D eigenvalue weighted by Gasteiger charge is 2.32. The Morgan fingerprint density at radius 1 is 1.11 bits per heavy atom. The van der Waals surface area contributed by atoms with Crippen molar-refractivity contribution in [2.75, 3.05) is 13.3 Å². The van der Waals surface area contributed by atoms with Gasteiger partial charge in [0.1, 0.15) is 25.2 Å². The number of nitriles is 1. The van der Waals surface area contributed by atoms with E-state index in [1.807, 2.05) is 12.1 Å². The monoisotopic (exact) mass is 544 g/mol. The molecule has 0 saturated heterocycles. The summed E-state index contributed by atoms with van der Waals surface area (Å²) in [5, 5.41) is 22.8. The van der Waals surface area contributed by atoms with Crippen LogP contribution in [0, 0.1) is 17.2 Å². The van der Waals surface area contributed by atoms with Gasteiger partial charge in [0, 0.05) is 30.3 Å². The van der Waals surface area contributed by atoms with Crippen LogP contribution in [0.3, 0.4) is 0 Å². The van der Waals surface area contributed by atoms with Crippen molar-refractivity contribution in [2.24, 2.45) is 5.92 Å². The highest BCUT2D eigenvalue weighted by atomic mass is 35.5. The molecule has 0 unspecified atom stereocenters. The summed E-state index contributed by atoms with van der Waals surface area (Å²) in [7, 11) is 0. The third-order valence-electron chi connectivity index (χ3n) is 7.18. The molecule has 200 valence electrons. The number of benzene rings is 2. The average molecular weight is 545 g/mol. The molecule has 2 heterocycles. The van der Waals surface area contributed by atoms with Gasteiger partial charge in [-0.1, -0.05) is 17.3 Å². The molecule has 1 saturated carbocycles. The van der Waals surface area contributed by atoms with Crippen molar-refractivity contribution in [1.29, 1.82) is 5.26 Å². The van der Waals surface area contributed by atoms with Crippen LogP contribution in [0.4, 0.5) is 8.78 Å². The van der Waals surface area contributed by atoms with Gasteiger partial charge in [0.05, 0.1) is 11.5 Å². The standard InChI is InChI=1S/C27H26F2N4O4.ClH/c28-11-23(12-29)36-24-8-5-18(10-20(24)13-30)26-31-25(32-37-26)17-1-2-19-14-33(15-21(19)9-17)22-6-3-16(4-7-22)27(34)35;/h1-2,5,8-10,16,22-23H,3-4,6-7,11-12,14-15H2,(H,34,35);1H. The highest BCUT2D eigenvalue weighted by Crippen LogP contribution is 2.35. The first-order chi connectivity index (χ1) is 18.0. The van der Waals surface area contributed by atoms with E-state index in [-0.39, 0.29) is 35.5 Å². The van der Waals surface area contributed by atoms with Gasteiger partial charge in [-0.3, -0.25) is 9.69 Å². The van der Waals surface area contributed by atoms with E-state index in [1.165, 1.54) is 23.3 Å². The van der Waals surface area contributed by atoms with Gasteiger partial charge in [-0.2, -0.15) is 10.2 Å². The summed E-state index contributed by atoms with van der Waals surface area (Å²) in [5.74, 6) is -0.209. The summed E-state index contributed by atoms with van der Waals surface area (Å²) in [5.41, 5.74) is 3.83. The van der Waals surface area contributed by atoms with Crippen molar-refractivity contribution >= 4 is 18.4 Å². The summed E-state index contributed by atoms with van der Waals surface area (Å²) < 4.78 is 36.3. The maximum absolute atomic E-state index is 12.8. The van der Waals surface area contributed by atoms with E-state index in [0.717, 1.165) is 44.3 Å². The third kappa shape index (κ3) is 5.64. The van der Waals surface area contributed by atoms with Gasteiger partial charge in [-0.25, -0.2) is 8.78 Å². The second-order valence-electron chi connectivity index (χ2n) is 9.53. The molecule has 0 spiro atoms. The van der Waals surface area contributed by atoms with Gasteiger partial charge in [0.2, 0.25) is 5.82 Å². The molecule has 1 aliphatic heterocycles. The van der Waals surface area contributed by atoms with Crippen molar-refractivity contribution in [3.63, 3.8) is 0 Å². The minimum absolute atomic E-state index is 0. The lowest BCUT2D eigenvalue weighted by Gasteiger charge is -2.33. The van der Waals surface area contributed by atoms with Gasteiger partial charge in [-0.05, 0) is 61.1 Å². The first kappa shape index (κ1) is 27.5. The van der Waals surface area contributed by atoms with Gasteiger partial charge in [-0.15, -0.1) is 12.4 Å². The largest absolute Gasteiger partial charge is 0.484 e. The first-order valence-corrected chi connectivity index (χ1v) is 12.2. The van der Waals surface area contributed by atoms with Gasteiger partial charge in [0.15, 0.2) is 6.10 Å². The van der Waals surface area contributed by atoms with E-state index < -0.39 is 25.4 Å². The smallest absolute Gasteiger partial charge is 0.306 e. The number of halogens is 3. The van der Waals surface area contributed by atoms with Crippen LogP contribution in [0.5, 0.6) is 5.75 Å². The molecule has 0 bridgehead atoms. The van der Waals surface area contributed by atoms with Crippen LogP contribution in [0.15, 0.2) is 40.9 Å². The summed E-state index contributed by atoms with van der Waals surface area (Å²) in [6.45, 7) is -0.365. The molecule has 0 amide bonds. The molecule has 5 rings (SSSR count). The van der Waals surface area contributed by atoms with Crippen LogP contribution in [0.1, 0.15) is 42.4 Å². The Hall–Kier alpha value is -3.55. The maximum atomic E-state index is 12.8. The second kappa shape index (κ2) is 11.9. The molecule has 1 fully saturated rings. The fraction of sp³-hybridized carbons (Fsp3) is 0.407. The number of fused-ring (bicyclic) bond motifs is 1. The Bertz CT molecular complexity index is 1330. The summed E-state index contributed by atoms with van der Waals surface area (Å²) in [4.78, 5) is 18.2. The molecule has 0 radical (unpaired) electrons. The molecule has 38 heavy (non-hydrogen) atoms. The quantitative estimate of drug-likeness (QED) is 0.404. The first-order valence-electron chi connectivity index (χ1n) is 12.2. The number of carbonyl (C=O) groups is 1. The third-order valence-corrected chi connectivity index (χ3v) is 7.18. The molecular weight excluding hydrogens is 518 g/mol. The molecule has 11 heteroatoms. The van der Waals surface area contributed by atoms with E-state index in [4.69, 9.17) is 9.26 Å². The van der Waals surface area contributed by atoms with E-state index >= 15 is 0 Å². The van der Waals surface area contributed by atoms with Crippen molar-refractivity contribution in [3.8, 4) is 34.7 Å². The lowest BCUT2D eigenvalue weighted by atomic mass is 9.85. The molecule has 8 nitrogen and oxygen atoms in total. The number of carboxylic acid groups (broad SMARTS) is 1. The Morgan fingerprint density at radius 3 is 2.50 bits per heavy atom. The zero-order valence-electron chi connectivity index (χ0n) is 20.5. The molecule has 3 aromatic rings. The summed E-state index contributed by atoms with van der Waals surface area (Å²) in [6.07, 6.45) is 1.96.